The number of hydrogen-bond acceptors (Lipinski definition) is 2. The van der Waals surface area contributed by atoms with Crippen LogP contribution in [0.5, 0.6) is 0 Å². The number of aliphatic imine (C=N–C) groups is 1. The van der Waals surface area contributed by atoms with E-state index in [2.05, 4.69) is 20.9 Å². The summed E-state index contributed by atoms with van der Waals surface area (Å²) < 4.78 is 13.8. The molecule has 3 N–H and O–H groups in total. The van der Waals surface area contributed by atoms with E-state index in [1.807, 2.05) is 0 Å². The van der Waals surface area contributed by atoms with Crippen LogP contribution >= 0.6 is 15.9 Å². The Labute approximate surface area is 89.6 Å². The maximum absolute atomic E-state index is 13.4. The number of halogens is 2. The second-order valence-electron chi connectivity index (χ2n) is 2.59. The summed E-state index contributed by atoms with van der Waals surface area (Å²) in [5.41, 5.74) is 5.77. The van der Waals surface area contributed by atoms with Crippen LogP contribution in [0.25, 0.3) is 0 Å². The molecule has 0 aliphatic rings. The first-order valence-electron chi connectivity index (χ1n) is 4.02. The van der Waals surface area contributed by atoms with Gasteiger partial charge in [-0.1, -0.05) is 6.07 Å². The monoisotopic (exact) mass is 260 g/mol. The highest BCUT2D eigenvalue weighted by molar-refractivity contribution is 9.10. The molecule has 0 radical (unpaired) electrons. The molecule has 76 valence electrons. The van der Waals surface area contributed by atoms with Crippen molar-refractivity contribution in [3.63, 3.8) is 0 Å². The van der Waals surface area contributed by atoms with Gasteiger partial charge in [0.1, 0.15) is 11.7 Å². The van der Waals surface area contributed by atoms with Gasteiger partial charge in [0.15, 0.2) is 0 Å². The van der Waals surface area contributed by atoms with Crippen LogP contribution in [0.1, 0.15) is 5.56 Å². The van der Waals surface area contributed by atoms with Crippen molar-refractivity contribution in [1.82, 2.24) is 0 Å². The number of amidine groups is 1. The minimum atomic E-state index is -0.438. The maximum atomic E-state index is 13.4. The Morgan fingerprint density at radius 1 is 1.57 bits per heavy atom. The molecular formula is C9H10BrFN2O. The minimum absolute atomic E-state index is 0.0952. The molecule has 0 aliphatic carbocycles. The van der Waals surface area contributed by atoms with E-state index in [1.54, 1.807) is 12.1 Å². The highest BCUT2D eigenvalue weighted by Gasteiger charge is 2.08. The average molecular weight is 261 g/mol. The first kappa shape index (κ1) is 11.1. The molecule has 14 heavy (non-hydrogen) atoms. The van der Waals surface area contributed by atoms with Crippen molar-refractivity contribution in [2.24, 2.45) is 10.7 Å². The van der Waals surface area contributed by atoms with Crippen LogP contribution in [0.15, 0.2) is 27.7 Å². The molecular weight excluding hydrogens is 251 g/mol. The normalized spacial score (nSPS) is 11.8. The Morgan fingerprint density at radius 3 is 2.93 bits per heavy atom. The highest BCUT2D eigenvalue weighted by atomic mass is 79.9. The van der Waals surface area contributed by atoms with Crippen LogP contribution in [-0.2, 0) is 0 Å². The van der Waals surface area contributed by atoms with Crippen molar-refractivity contribution < 1.29 is 9.50 Å². The van der Waals surface area contributed by atoms with E-state index < -0.39 is 5.82 Å². The molecule has 0 saturated heterocycles. The predicted molar refractivity (Wildman–Crippen MR) is 56.8 cm³/mol. The number of benzene rings is 1. The van der Waals surface area contributed by atoms with E-state index in [0.717, 1.165) is 0 Å². The standard InChI is InChI=1S/C9H10BrFN2O/c10-7-3-1-2-6(8(7)11)9(12)13-4-5-14/h1-3,14H,4-5H2,(H2,12,13). The maximum Gasteiger partial charge on any atom is 0.148 e. The third kappa shape index (κ3) is 2.52. The van der Waals surface area contributed by atoms with Gasteiger partial charge in [0.2, 0.25) is 0 Å². The van der Waals surface area contributed by atoms with Gasteiger partial charge in [-0.25, -0.2) is 4.39 Å². The van der Waals surface area contributed by atoms with Crippen LogP contribution in [0, 0.1) is 5.82 Å². The van der Waals surface area contributed by atoms with Gasteiger partial charge >= 0.3 is 0 Å². The number of aliphatic hydroxyl groups excluding tert-OH is 1. The van der Waals surface area contributed by atoms with Crippen LogP contribution in [0.4, 0.5) is 4.39 Å². The summed E-state index contributed by atoms with van der Waals surface area (Å²) in [7, 11) is 0. The predicted octanol–water partition coefficient (Wildman–Crippen LogP) is 1.29. The Bertz CT molecular complexity index is 355. The van der Waals surface area contributed by atoms with Gasteiger partial charge in [-0.2, -0.15) is 0 Å². The van der Waals surface area contributed by atoms with E-state index in [-0.39, 0.29) is 24.6 Å². The fourth-order valence-electron chi connectivity index (χ4n) is 0.957. The van der Waals surface area contributed by atoms with Crippen molar-refractivity contribution in [2.75, 3.05) is 13.2 Å². The first-order valence-corrected chi connectivity index (χ1v) is 4.81. The quantitative estimate of drug-likeness (QED) is 0.636. The van der Waals surface area contributed by atoms with Crippen LogP contribution < -0.4 is 5.73 Å². The Kier molecular flexibility index (Phi) is 4.03. The molecule has 1 aromatic rings. The molecule has 1 aromatic carbocycles. The lowest BCUT2D eigenvalue weighted by Gasteiger charge is -2.03. The second-order valence-corrected chi connectivity index (χ2v) is 3.45. The van der Waals surface area contributed by atoms with Gasteiger partial charge in [-0.15, -0.1) is 0 Å². The summed E-state index contributed by atoms with van der Waals surface area (Å²) in [6.07, 6.45) is 0. The summed E-state index contributed by atoms with van der Waals surface area (Å²) in [4.78, 5) is 3.80. The molecule has 5 heteroatoms. The first-order chi connectivity index (χ1) is 6.66. The van der Waals surface area contributed by atoms with Gasteiger partial charge in [-0.3, -0.25) is 4.99 Å². The van der Waals surface area contributed by atoms with E-state index in [0.29, 0.717) is 4.47 Å². The summed E-state index contributed by atoms with van der Waals surface area (Å²) in [5, 5.41) is 8.52. The van der Waals surface area contributed by atoms with Crippen molar-refractivity contribution in [3.8, 4) is 0 Å². The summed E-state index contributed by atoms with van der Waals surface area (Å²) in [6.45, 7) is 0.0775. The Balaban J connectivity index is 3.01. The van der Waals surface area contributed by atoms with E-state index >= 15 is 0 Å². The molecule has 0 bridgehead atoms. The molecule has 0 spiro atoms. The molecule has 0 heterocycles. The third-order valence-electron chi connectivity index (χ3n) is 1.61. The van der Waals surface area contributed by atoms with Crippen LogP contribution in [-0.4, -0.2) is 24.1 Å². The van der Waals surface area contributed by atoms with E-state index in [1.165, 1.54) is 6.07 Å². The van der Waals surface area contributed by atoms with Gasteiger partial charge in [0.25, 0.3) is 0 Å². The molecule has 0 amide bonds. The van der Waals surface area contributed by atoms with Crippen molar-refractivity contribution in [1.29, 1.82) is 0 Å². The Morgan fingerprint density at radius 2 is 2.29 bits per heavy atom. The smallest absolute Gasteiger partial charge is 0.148 e. The van der Waals surface area contributed by atoms with Gasteiger partial charge in [0, 0.05) is 0 Å². The topological polar surface area (TPSA) is 58.6 Å². The molecule has 0 aliphatic heterocycles. The lowest BCUT2D eigenvalue weighted by atomic mass is 10.2. The summed E-state index contributed by atoms with van der Waals surface area (Å²) >= 11 is 3.05. The number of rotatable bonds is 3. The second kappa shape index (κ2) is 5.07. The lowest BCUT2D eigenvalue weighted by molar-refractivity contribution is 0.307. The van der Waals surface area contributed by atoms with Crippen molar-refractivity contribution >= 4 is 21.8 Å². The van der Waals surface area contributed by atoms with Gasteiger partial charge in [0.05, 0.1) is 23.2 Å². The lowest BCUT2D eigenvalue weighted by Crippen LogP contribution is -2.16. The van der Waals surface area contributed by atoms with Gasteiger partial charge < -0.3 is 10.8 Å². The molecule has 0 atom stereocenters. The summed E-state index contributed by atoms with van der Waals surface area (Å²) in [6, 6.07) is 4.79. The number of nitrogens with two attached hydrogens (primary N) is 1. The molecule has 0 unspecified atom stereocenters. The zero-order valence-corrected chi connectivity index (χ0v) is 8.96. The third-order valence-corrected chi connectivity index (χ3v) is 2.22. The number of nitrogens with zero attached hydrogens (tertiary/aromatic N) is 1. The molecule has 0 aromatic heterocycles. The van der Waals surface area contributed by atoms with Gasteiger partial charge in [-0.05, 0) is 28.1 Å². The number of aliphatic hydroxyl groups is 1. The molecule has 0 fully saturated rings. The van der Waals surface area contributed by atoms with Crippen molar-refractivity contribution in [3.05, 3.63) is 34.1 Å². The Hall–Kier alpha value is -0.940. The SMILES string of the molecule is NC(=NCCO)c1cccc(Br)c1F. The molecule has 0 saturated carbocycles. The van der Waals surface area contributed by atoms with Crippen LogP contribution in [0.3, 0.4) is 0 Å². The molecule has 1 rings (SSSR count). The fraction of sp³-hybridized carbons (Fsp3) is 0.222. The van der Waals surface area contributed by atoms with Crippen LogP contribution in [0.2, 0.25) is 0 Å². The van der Waals surface area contributed by atoms with Crippen molar-refractivity contribution in [2.45, 2.75) is 0 Å². The fourth-order valence-corrected chi connectivity index (χ4v) is 1.32. The summed E-state index contributed by atoms with van der Waals surface area (Å²) in [5.74, 6) is -0.343. The minimum Gasteiger partial charge on any atom is -0.394 e. The van der Waals surface area contributed by atoms with E-state index in [9.17, 15) is 4.39 Å². The average Bonchev–Trinajstić information content (AvgIpc) is 2.18. The zero-order valence-electron chi connectivity index (χ0n) is 7.37. The molecule has 3 nitrogen and oxygen atoms in total. The largest absolute Gasteiger partial charge is 0.394 e. The highest BCUT2D eigenvalue weighted by Crippen LogP contribution is 2.18. The van der Waals surface area contributed by atoms with E-state index in [4.69, 9.17) is 10.8 Å². The zero-order chi connectivity index (χ0) is 10.6. The number of hydrogen-bond donors (Lipinski definition) is 2.